The minimum Gasteiger partial charge on any atom is -0.493 e. The second-order valence-corrected chi connectivity index (χ2v) is 6.24. The van der Waals surface area contributed by atoms with Crippen LogP contribution in [0.2, 0.25) is 0 Å². The molecule has 28 heavy (non-hydrogen) atoms. The Morgan fingerprint density at radius 1 is 0.679 bits per heavy atom. The van der Waals surface area contributed by atoms with E-state index in [2.05, 4.69) is 34.5 Å². The second kappa shape index (κ2) is 7.56. The van der Waals surface area contributed by atoms with Gasteiger partial charge >= 0.3 is 0 Å². The topological polar surface area (TPSA) is 52.4 Å². The van der Waals surface area contributed by atoms with Crippen molar-refractivity contribution in [3.05, 3.63) is 77.4 Å². The predicted octanol–water partition coefficient (Wildman–Crippen LogP) is 4.56. The average Bonchev–Trinajstić information content (AvgIpc) is 3.07. The first-order chi connectivity index (χ1) is 13.8. The lowest BCUT2D eigenvalue weighted by molar-refractivity contribution is 0.324. The molecule has 0 radical (unpaired) electrons. The standard InChI is InChI=1S/C23H20N2O3/c1-26-20-12-15(13-21(27-2)23(20)28-3)14-24-25-22-18-10-6-4-8-16(18)17-9-5-7-11-19(17)22/h4-14H,1-3H3/b24-14-. The first kappa shape index (κ1) is 17.8. The Morgan fingerprint density at radius 2 is 1.18 bits per heavy atom. The smallest absolute Gasteiger partial charge is 0.203 e. The van der Waals surface area contributed by atoms with Crippen LogP contribution in [0.15, 0.2) is 70.9 Å². The molecule has 140 valence electrons. The molecule has 0 unspecified atom stereocenters. The molecule has 4 rings (SSSR count). The summed E-state index contributed by atoms with van der Waals surface area (Å²) in [6.45, 7) is 0. The Morgan fingerprint density at radius 3 is 1.64 bits per heavy atom. The number of fused-ring (bicyclic) bond motifs is 3. The summed E-state index contributed by atoms with van der Waals surface area (Å²) in [6.07, 6.45) is 1.68. The molecule has 0 spiro atoms. The molecule has 0 amide bonds. The first-order valence-corrected chi connectivity index (χ1v) is 8.87. The molecule has 3 aromatic rings. The van der Waals surface area contributed by atoms with Gasteiger partial charge in [-0.3, -0.25) is 0 Å². The van der Waals surface area contributed by atoms with Crippen molar-refractivity contribution in [2.24, 2.45) is 10.2 Å². The molecular weight excluding hydrogens is 352 g/mol. The Hall–Kier alpha value is -3.60. The maximum absolute atomic E-state index is 5.39. The third kappa shape index (κ3) is 3.01. The van der Waals surface area contributed by atoms with Crippen LogP contribution in [0.1, 0.15) is 16.7 Å². The zero-order valence-electron chi connectivity index (χ0n) is 16.0. The van der Waals surface area contributed by atoms with Crippen molar-refractivity contribution in [2.75, 3.05) is 21.3 Å². The van der Waals surface area contributed by atoms with E-state index in [1.807, 2.05) is 36.4 Å². The van der Waals surface area contributed by atoms with Crippen molar-refractivity contribution < 1.29 is 14.2 Å². The normalized spacial score (nSPS) is 11.9. The van der Waals surface area contributed by atoms with Gasteiger partial charge < -0.3 is 14.2 Å². The molecule has 0 saturated carbocycles. The molecule has 0 aliphatic heterocycles. The van der Waals surface area contributed by atoms with E-state index < -0.39 is 0 Å². The summed E-state index contributed by atoms with van der Waals surface area (Å²) in [4.78, 5) is 0. The fourth-order valence-corrected chi connectivity index (χ4v) is 3.43. The lowest BCUT2D eigenvalue weighted by atomic mass is 10.1. The van der Waals surface area contributed by atoms with Gasteiger partial charge in [0, 0.05) is 16.7 Å². The van der Waals surface area contributed by atoms with E-state index in [1.54, 1.807) is 27.5 Å². The molecule has 5 nitrogen and oxygen atoms in total. The van der Waals surface area contributed by atoms with Gasteiger partial charge in [0.2, 0.25) is 5.75 Å². The van der Waals surface area contributed by atoms with Crippen molar-refractivity contribution in [2.45, 2.75) is 0 Å². The van der Waals surface area contributed by atoms with E-state index in [9.17, 15) is 0 Å². The van der Waals surface area contributed by atoms with Crippen molar-refractivity contribution in [1.82, 2.24) is 0 Å². The summed E-state index contributed by atoms with van der Waals surface area (Å²) in [5, 5.41) is 8.87. The summed E-state index contributed by atoms with van der Waals surface area (Å²) in [6, 6.07) is 20.1. The maximum Gasteiger partial charge on any atom is 0.203 e. The lowest BCUT2D eigenvalue weighted by Crippen LogP contribution is -1.98. The van der Waals surface area contributed by atoms with Gasteiger partial charge in [-0.2, -0.15) is 5.10 Å². The predicted molar refractivity (Wildman–Crippen MR) is 111 cm³/mol. The number of methoxy groups -OCH3 is 3. The van der Waals surface area contributed by atoms with Gasteiger partial charge in [-0.15, -0.1) is 5.10 Å². The summed E-state index contributed by atoms with van der Waals surface area (Å²) >= 11 is 0. The second-order valence-electron chi connectivity index (χ2n) is 6.24. The first-order valence-electron chi connectivity index (χ1n) is 8.87. The van der Waals surface area contributed by atoms with Gasteiger partial charge in [-0.05, 0) is 23.3 Å². The molecular formula is C23H20N2O3. The van der Waals surface area contributed by atoms with Gasteiger partial charge in [0.15, 0.2) is 11.5 Å². The molecule has 1 aliphatic rings. The van der Waals surface area contributed by atoms with Crippen LogP contribution in [-0.2, 0) is 0 Å². The molecule has 5 heteroatoms. The van der Waals surface area contributed by atoms with Crippen molar-refractivity contribution in [1.29, 1.82) is 0 Å². The Labute approximate surface area is 163 Å². The number of rotatable bonds is 5. The van der Waals surface area contributed by atoms with Crippen LogP contribution >= 0.6 is 0 Å². The molecule has 0 saturated heterocycles. The third-order valence-corrected chi connectivity index (χ3v) is 4.71. The maximum atomic E-state index is 5.39. The van der Waals surface area contributed by atoms with Crippen LogP contribution in [0.3, 0.4) is 0 Å². The van der Waals surface area contributed by atoms with Crippen LogP contribution in [0, 0.1) is 0 Å². The monoisotopic (exact) mass is 372 g/mol. The molecule has 0 N–H and O–H groups in total. The average molecular weight is 372 g/mol. The molecule has 0 fully saturated rings. The molecule has 0 bridgehead atoms. The minimum absolute atomic E-state index is 0.548. The number of nitrogens with zero attached hydrogens (tertiary/aromatic N) is 2. The SMILES string of the molecule is COc1cc(/C=N\N=C2c3ccccc3-c3ccccc32)cc(OC)c1OC. The Balaban J connectivity index is 1.73. The summed E-state index contributed by atoms with van der Waals surface area (Å²) in [7, 11) is 4.75. The van der Waals surface area contributed by atoms with Crippen LogP contribution in [-0.4, -0.2) is 33.3 Å². The van der Waals surface area contributed by atoms with Gasteiger partial charge in [0.1, 0.15) is 5.71 Å². The van der Waals surface area contributed by atoms with Crippen LogP contribution in [0.5, 0.6) is 17.2 Å². The summed E-state index contributed by atoms with van der Waals surface area (Å²) < 4.78 is 16.1. The zero-order chi connectivity index (χ0) is 19.5. The highest BCUT2D eigenvalue weighted by Gasteiger charge is 2.23. The van der Waals surface area contributed by atoms with Gasteiger partial charge in [0.25, 0.3) is 0 Å². The largest absolute Gasteiger partial charge is 0.493 e. The van der Waals surface area contributed by atoms with Crippen molar-refractivity contribution in [3.8, 4) is 28.4 Å². The van der Waals surface area contributed by atoms with E-state index >= 15 is 0 Å². The molecule has 0 aromatic heterocycles. The van der Waals surface area contributed by atoms with E-state index in [-0.39, 0.29) is 0 Å². The molecule has 0 heterocycles. The van der Waals surface area contributed by atoms with Gasteiger partial charge in [0.05, 0.1) is 27.5 Å². The van der Waals surface area contributed by atoms with Crippen LogP contribution in [0.4, 0.5) is 0 Å². The van der Waals surface area contributed by atoms with Crippen molar-refractivity contribution in [3.63, 3.8) is 0 Å². The Bertz CT molecular complexity index is 1010. The van der Waals surface area contributed by atoms with Gasteiger partial charge in [-0.25, -0.2) is 0 Å². The number of hydrogen-bond acceptors (Lipinski definition) is 5. The molecule has 0 atom stereocenters. The quantitative estimate of drug-likeness (QED) is 0.381. The fourth-order valence-electron chi connectivity index (χ4n) is 3.43. The van der Waals surface area contributed by atoms with Gasteiger partial charge in [-0.1, -0.05) is 48.5 Å². The minimum atomic E-state index is 0.548. The highest BCUT2D eigenvalue weighted by atomic mass is 16.5. The number of ether oxygens (including phenoxy) is 3. The number of benzene rings is 3. The highest BCUT2D eigenvalue weighted by Crippen LogP contribution is 2.38. The van der Waals surface area contributed by atoms with E-state index in [4.69, 9.17) is 14.2 Å². The fraction of sp³-hybridized carbons (Fsp3) is 0.130. The third-order valence-electron chi connectivity index (χ3n) is 4.71. The summed E-state index contributed by atoms with van der Waals surface area (Å²) in [5.74, 6) is 1.70. The van der Waals surface area contributed by atoms with Crippen LogP contribution < -0.4 is 14.2 Å². The lowest BCUT2D eigenvalue weighted by Gasteiger charge is -2.12. The number of hydrogen-bond donors (Lipinski definition) is 0. The molecule has 1 aliphatic carbocycles. The van der Waals surface area contributed by atoms with E-state index in [1.165, 1.54) is 11.1 Å². The van der Waals surface area contributed by atoms with E-state index in [0.717, 1.165) is 22.4 Å². The molecule has 3 aromatic carbocycles. The highest BCUT2D eigenvalue weighted by molar-refractivity contribution is 6.24. The van der Waals surface area contributed by atoms with Crippen LogP contribution in [0.25, 0.3) is 11.1 Å². The van der Waals surface area contributed by atoms with Crippen molar-refractivity contribution >= 4 is 11.9 Å². The Kier molecular flexibility index (Phi) is 4.81. The zero-order valence-corrected chi connectivity index (χ0v) is 16.0. The van der Waals surface area contributed by atoms with E-state index in [0.29, 0.717) is 17.2 Å². The summed E-state index contributed by atoms with van der Waals surface area (Å²) in [5.41, 5.74) is 6.21.